The Labute approximate surface area is 85.1 Å². The van der Waals surface area contributed by atoms with Crippen LogP contribution in [-0.4, -0.2) is 22.3 Å². The highest BCUT2D eigenvalue weighted by atomic mass is 35.5. The lowest BCUT2D eigenvalue weighted by Gasteiger charge is -2.34. The first kappa shape index (κ1) is 12.9. The van der Waals surface area contributed by atoms with Gasteiger partial charge in [-0.3, -0.25) is 4.79 Å². The summed E-state index contributed by atoms with van der Waals surface area (Å²) in [7, 11) is 0. The van der Waals surface area contributed by atoms with E-state index in [0.717, 1.165) is 20.8 Å². The molecule has 13 heavy (non-hydrogen) atoms. The summed E-state index contributed by atoms with van der Waals surface area (Å²) < 4.78 is 30.3. The van der Waals surface area contributed by atoms with Crippen molar-refractivity contribution in [1.82, 2.24) is 0 Å². The molecule has 0 amide bonds. The molecule has 0 aliphatic carbocycles. The van der Waals surface area contributed by atoms with Gasteiger partial charge in [0, 0.05) is 6.92 Å². The molecule has 0 saturated carbocycles. The zero-order chi connectivity index (χ0) is 10.9. The Hall–Kier alpha value is -0.0900. The molecule has 2 nitrogen and oxygen atoms in total. The van der Waals surface area contributed by atoms with Crippen LogP contribution in [0.2, 0.25) is 0 Å². The lowest BCUT2D eigenvalue weighted by atomic mass is 10.0. The van der Waals surface area contributed by atoms with Gasteiger partial charge in [0.15, 0.2) is 5.60 Å². The van der Waals surface area contributed by atoms with Crippen LogP contribution in [0.3, 0.4) is 0 Å². The average molecular weight is 235 g/mol. The lowest BCUT2D eigenvalue weighted by Crippen LogP contribution is -2.49. The average Bonchev–Trinajstić information content (AvgIpc) is 1.83. The number of hydrogen-bond donors (Lipinski definition) is 0. The van der Waals surface area contributed by atoms with E-state index in [9.17, 15) is 13.6 Å². The second-order valence-electron chi connectivity index (χ2n) is 3.03. The van der Waals surface area contributed by atoms with E-state index in [1.54, 1.807) is 0 Å². The zero-order valence-electron chi connectivity index (χ0n) is 7.41. The molecule has 0 bridgehead atoms. The minimum absolute atomic E-state index is 0.759. The molecule has 0 aliphatic rings. The van der Waals surface area contributed by atoms with Crippen LogP contribution in [0.4, 0.5) is 8.78 Å². The van der Waals surface area contributed by atoms with Gasteiger partial charge in [0.25, 0.3) is 5.13 Å². The number of halogens is 4. The SMILES string of the molecule is CC(=O)OC(C)(C)C(F)(Cl)C(F)Cl. The summed E-state index contributed by atoms with van der Waals surface area (Å²) in [4.78, 5) is 10.5. The highest BCUT2D eigenvalue weighted by Crippen LogP contribution is 2.40. The van der Waals surface area contributed by atoms with Gasteiger partial charge in [0.05, 0.1) is 0 Å². The van der Waals surface area contributed by atoms with Crippen LogP contribution in [0.25, 0.3) is 0 Å². The van der Waals surface area contributed by atoms with Crippen molar-refractivity contribution < 1.29 is 18.3 Å². The Balaban J connectivity index is 4.70. The fourth-order valence-corrected chi connectivity index (χ4v) is 0.991. The Kier molecular flexibility index (Phi) is 3.94. The summed E-state index contributed by atoms with van der Waals surface area (Å²) in [6.45, 7) is 3.34. The summed E-state index contributed by atoms with van der Waals surface area (Å²) in [6.07, 6.45) is 0. The number of alkyl halides is 4. The number of carbonyl (C=O) groups is 1. The van der Waals surface area contributed by atoms with E-state index in [0.29, 0.717) is 0 Å². The molecule has 0 saturated heterocycles. The second-order valence-corrected chi connectivity index (χ2v) is 3.96. The van der Waals surface area contributed by atoms with Crippen LogP contribution in [-0.2, 0) is 9.53 Å². The molecule has 0 aromatic carbocycles. The third-order valence-corrected chi connectivity index (χ3v) is 2.53. The maximum Gasteiger partial charge on any atom is 0.303 e. The van der Waals surface area contributed by atoms with Crippen molar-refractivity contribution in [3.05, 3.63) is 0 Å². The van der Waals surface area contributed by atoms with E-state index in [4.69, 9.17) is 23.2 Å². The van der Waals surface area contributed by atoms with Gasteiger partial charge in [-0.1, -0.05) is 23.2 Å². The second kappa shape index (κ2) is 3.96. The molecule has 0 spiro atoms. The Morgan fingerprint density at radius 3 is 2.15 bits per heavy atom. The smallest absolute Gasteiger partial charge is 0.303 e. The Morgan fingerprint density at radius 1 is 1.54 bits per heavy atom. The van der Waals surface area contributed by atoms with Gasteiger partial charge in [-0.05, 0) is 13.8 Å². The van der Waals surface area contributed by atoms with Crippen molar-refractivity contribution in [2.45, 2.75) is 37.1 Å². The minimum atomic E-state index is -2.94. The lowest BCUT2D eigenvalue weighted by molar-refractivity contribution is -0.165. The first-order chi connectivity index (χ1) is 5.61. The van der Waals surface area contributed by atoms with E-state index < -0.39 is 22.3 Å². The van der Waals surface area contributed by atoms with Crippen molar-refractivity contribution in [3.63, 3.8) is 0 Å². The molecule has 78 valence electrons. The van der Waals surface area contributed by atoms with Gasteiger partial charge in [-0.2, -0.15) is 0 Å². The van der Waals surface area contributed by atoms with E-state index >= 15 is 0 Å². The van der Waals surface area contributed by atoms with E-state index in [1.807, 2.05) is 0 Å². The van der Waals surface area contributed by atoms with Gasteiger partial charge < -0.3 is 4.74 Å². The van der Waals surface area contributed by atoms with Gasteiger partial charge in [-0.25, -0.2) is 8.78 Å². The molecule has 0 radical (unpaired) electrons. The van der Waals surface area contributed by atoms with E-state index in [2.05, 4.69) is 4.74 Å². The Morgan fingerprint density at radius 2 is 1.92 bits per heavy atom. The normalized spacial score (nSPS) is 19.0. The number of hydrogen-bond acceptors (Lipinski definition) is 2. The van der Waals surface area contributed by atoms with Crippen LogP contribution in [0.1, 0.15) is 20.8 Å². The maximum atomic E-state index is 13.3. The molecule has 0 rings (SSSR count). The van der Waals surface area contributed by atoms with Crippen molar-refractivity contribution >= 4 is 29.2 Å². The van der Waals surface area contributed by atoms with Gasteiger partial charge in [0.2, 0.25) is 5.63 Å². The van der Waals surface area contributed by atoms with Gasteiger partial charge >= 0.3 is 5.97 Å². The number of rotatable bonds is 3. The van der Waals surface area contributed by atoms with Crippen molar-refractivity contribution in [1.29, 1.82) is 0 Å². The third kappa shape index (κ3) is 2.95. The summed E-state index contributed by atoms with van der Waals surface area (Å²) in [5.74, 6) is -0.759. The number of ether oxygens (including phenoxy) is 1. The molecule has 0 aromatic rings. The summed E-state index contributed by atoms with van der Waals surface area (Å²) in [6, 6.07) is 0. The van der Waals surface area contributed by atoms with Crippen LogP contribution in [0, 0.1) is 0 Å². The first-order valence-electron chi connectivity index (χ1n) is 3.47. The van der Waals surface area contributed by atoms with Crippen LogP contribution in [0.5, 0.6) is 0 Å². The van der Waals surface area contributed by atoms with E-state index in [1.165, 1.54) is 0 Å². The number of esters is 1. The topological polar surface area (TPSA) is 26.3 Å². The summed E-state index contributed by atoms with van der Waals surface area (Å²) >= 11 is 10.0. The highest BCUT2D eigenvalue weighted by Gasteiger charge is 2.53. The predicted molar refractivity (Wildman–Crippen MR) is 46.3 cm³/mol. The standard InChI is InChI=1S/C7H10Cl2F2O2/c1-4(12)13-6(2,3)7(9,11)5(8)10/h5H,1-3H3. The molecular weight excluding hydrogens is 225 g/mol. The third-order valence-electron chi connectivity index (χ3n) is 1.48. The maximum absolute atomic E-state index is 13.3. The molecule has 2 unspecified atom stereocenters. The minimum Gasteiger partial charge on any atom is -0.455 e. The largest absolute Gasteiger partial charge is 0.455 e. The highest BCUT2D eigenvalue weighted by molar-refractivity contribution is 6.31. The van der Waals surface area contributed by atoms with Crippen molar-refractivity contribution in [3.8, 4) is 0 Å². The molecular formula is C7H10Cl2F2O2. The summed E-state index contributed by atoms with van der Waals surface area (Å²) in [5.41, 5.74) is -4.27. The monoisotopic (exact) mass is 234 g/mol. The molecule has 0 aliphatic heterocycles. The van der Waals surface area contributed by atoms with E-state index in [-0.39, 0.29) is 0 Å². The Bertz CT molecular complexity index is 205. The fourth-order valence-electron chi connectivity index (χ4n) is 0.690. The molecule has 0 aromatic heterocycles. The molecule has 0 heterocycles. The van der Waals surface area contributed by atoms with Crippen LogP contribution < -0.4 is 0 Å². The zero-order valence-corrected chi connectivity index (χ0v) is 8.92. The number of carbonyl (C=O) groups excluding carboxylic acids is 1. The molecule has 0 N–H and O–H groups in total. The molecule has 6 heteroatoms. The van der Waals surface area contributed by atoms with Crippen LogP contribution >= 0.6 is 23.2 Å². The van der Waals surface area contributed by atoms with Crippen LogP contribution in [0.15, 0.2) is 0 Å². The van der Waals surface area contributed by atoms with Gasteiger partial charge in [-0.15, -0.1) is 0 Å². The quantitative estimate of drug-likeness (QED) is 0.555. The molecule has 0 fully saturated rings. The van der Waals surface area contributed by atoms with Crippen molar-refractivity contribution in [2.24, 2.45) is 0 Å². The first-order valence-corrected chi connectivity index (χ1v) is 4.28. The van der Waals surface area contributed by atoms with Gasteiger partial charge in [0.1, 0.15) is 0 Å². The summed E-state index contributed by atoms with van der Waals surface area (Å²) in [5, 5.41) is -2.94. The van der Waals surface area contributed by atoms with Crippen molar-refractivity contribution in [2.75, 3.05) is 0 Å². The predicted octanol–water partition coefficient (Wildman–Crippen LogP) is 2.77. The molecule has 2 atom stereocenters. The fraction of sp³-hybridized carbons (Fsp3) is 0.857.